The molecule has 0 aromatic heterocycles. The standard InChI is InChI=1S/C16H26N2O/c1-3-19-16-8-6-15(7-9-16)13(2)18-10-4-5-14(11-17)12-18/h6-9,13-14H,3-5,10-12,17H2,1-2H3. The van der Waals surface area contributed by atoms with Crippen LogP contribution in [0.5, 0.6) is 5.75 Å². The van der Waals surface area contributed by atoms with E-state index in [4.69, 9.17) is 10.5 Å². The van der Waals surface area contributed by atoms with Crippen LogP contribution in [0.1, 0.15) is 38.3 Å². The zero-order valence-electron chi connectivity index (χ0n) is 12.1. The molecule has 0 aliphatic carbocycles. The van der Waals surface area contributed by atoms with Crippen molar-refractivity contribution in [1.29, 1.82) is 0 Å². The first-order chi connectivity index (χ1) is 9.24. The fraction of sp³-hybridized carbons (Fsp3) is 0.625. The number of hydrogen-bond donors (Lipinski definition) is 1. The molecule has 1 fully saturated rings. The van der Waals surface area contributed by atoms with E-state index in [-0.39, 0.29) is 0 Å². The summed E-state index contributed by atoms with van der Waals surface area (Å²) in [4.78, 5) is 2.55. The van der Waals surface area contributed by atoms with Gasteiger partial charge in [-0.15, -0.1) is 0 Å². The van der Waals surface area contributed by atoms with Crippen LogP contribution >= 0.6 is 0 Å². The average molecular weight is 262 g/mol. The van der Waals surface area contributed by atoms with Crippen LogP contribution in [0.25, 0.3) is 0 Å². The Morgan fingerprint density at radius 3 is 2.74 bits per heavy atom. The highest BCUT2D eigenvalue weighted by molar-refractivity contribution is 5.29. The Kier molecular flexibility index (Phi) is 5.23. The molecule has 0 amide bonds. The predicted octanol–water partition coefficient (Wildman–Crippen LogP) is 2.82. The molecule has 0 spiro atoms. The molecule has 2 unspecified atom stereocenters. The van der Waals surface area contributed by atoms with Gasteiger partial charge < -0.3 is 10.5 Å². The number of benzene rings is 1. The molecule has 1 aromatic carbocycles. The number of likely N-dealkylation sites (tertiary alicyclic amines) is 1. The van der Waals surface area contributed by atoms with E-state index in [1.54, 1.807) is 0 Å². The lowest BCUT2D eigenvalue weighted by Crippen LogP contribution is -2.39. The molecule has 1 heterocycles. The van der Waals surface area contributed by atoms with Gasteiger partial charge in [-0.1, -0.05) is 12.1 Å². The van der Waals surface area contributed by atoms with Crippen molar-refractivity contribution in [2.75, 3.05) is 26.2 Å². The summed E-state index contributed by atoms with van der Waals surface area (Å²) in [5.41, 5.74) is 7.18. The summed E-state index contributed by atoms with van der Waals surface area (Å²) < 4.78 is 5.49. The average Bonchev–Trinajstić information content (AvgIpc) is 2.48. The van der Waals surface area contributed by atoms with Crippen molar-refractivity contribution in [3.8, 4) is 5.75 Å². The lowest BCUT2D eigenvalue weighted by molar-refractivity contribution is 0.134. The fourth-order valence-electron chi connectivity index (χ4n) is 2.86. The summed E-state index contributed by atoms with van der Waals surface area (Å²) in [6.45, 7) is 8.15. The van der Waals surface area contributed by atoms with Crippen LogP contribution in [-0.2, 0) is 0 Å². The predicted molar refractivity (Wildman–Crippen MR) is 79.4 cm³/mol. The highest BCUT2D eigenvalue weighted by Gasteiger charge is 2.23. The van der Waals surface area contributed by atoms with Crippen LogP contribution < -0.4 is 10.5 Å². The topological polar surface area (TPSA) is 38.5 Å². The molecule has 2 N–H and O–H groups in total. The monoisotopic (exact) mass is 262 g/mol. The van der Waals surface area contributed by atoms with Gasteiger partial charge in [0, 0.05) is 12.6 Å². The maximum Gasteiger partial charge on any atom is 0.119 e. The third kappa shape index (κ3) is 3.71. The molecule has 106 valence electrons. The molecular formula is C16H26N2O. The molecule has 1 aromatic rings. The van der Waals surface area contributed by atoms with E-state index in [0.29, 0.717) is 12.0 Å². The molecule has 1 aliphatic rings. The Hall–Kier alpha value is -1.06. The second-order valence-electron chi connectivity index (χ2n) is 5.42. The second-order valence-corrected chi connectivity index (χ2v) is 5.42. The Labute approximate surface area is 116 Å². The molecular weight excluding hydrogens is 236 g/mol. The van der Waals surface area contributed by atoms with Crippen LogP contribution in [0.3, 0.4) is 0 Å². The smallest absolute Gasteiger partial charge is 0.119 e. The van der Waals surface area contributed by atoms with E-state index in [2.05, 4.69) is 36.1 Å². The number of ether oxygens (including phenoxy) is 1. The van der Waals surface area contributed by atoms with Crippen LogP contribution in [0.15, 0.2) is 24.3 Å². The Morgan fingerprint density at radius 2 is 2.11 bits per heavy atom. The number of rotatable bonds is 5. The Morgan fingerprint density at radius 1 is 1.37 bits per heavy atom. The minimum atomic E-state index is 0.463. The Bertz CT molecular complexity index is 377. The summed E-state index contributed by atoms with van der Waals surface area (Å²) in [7, 11) is 0. The van der Waals surface area contributed by atoms with Crippen LogP contribution in [0.2, 0.25) is 0 Å². The lowest BCUT2D eigenvalue weighted by Gasteiger charge is -2.36. The summed E-state index contributed by atoms with van der Waals surface area (Å²) in [6.07, 6.45) is 2.55. The van der Waals surface area contributed by atoms with Gasteiger partial charge in [-0.05, 0) is 63.4 Å². The molecule has 0 bridgehead atoms. The SMILES string of the molecule is CCOc1ccc(C(C)N2CCCC(CN)C2)cc1. The number of nitrogens with two attached hydrogens (primary N) is 1. The van der Waals surface area contributed by atoms with Crippen LogP contribution in [-0.4, -0.2) is 31.1 Å². The quantitative estimate of drug-likeness (QED) is 0.887. The van der Waals surface area contributed by atoms with Crippen molar-refractivity contribution in [3.05, 3.63) is 29.8 Å². The van der Waals surface area contributed by atoms with E-state index in [0.717, 1.165) is 25.4 Å². The molecule has 1 saturated heterocycles. The van der Waals surface area contributed by atoms with Gasteiger partial charge >= 0.3 is 0 Å². The summed E-state index contributed by atoms with van der Waals surface area (Å²) in [5.74, 6) is 1.62. The van der Waals surface area contributed by atoms with Gasteiger partial charge in [-0.3, -0.25) is 4.90 Å². The second kappa shape index (κ2) is 6.92. The van der Waals surface area contributed by atoms with Crippen molar-refractivity contribution in [3.63, 3.8) is 0 Å². The molecule has 2 atom stereocenters. The van der Waals surface area contributed by atoms with Gasteiger partial charge in [0.25, 0.3) is 0 Å². The molecule has 3 heteroatoms. The van der Waals surface area contributed by atoms with E-state index >= 15 is 0 Å². The molecule has 3 nitrogen and oxygen atoms in total. The summed E-state index contributed by atoms with van der Waals surface area (Å²) >= 11 is 0. The van der Waals surface area contributed by atoms with Crippen molar-refractivity contribution < 1.29 is 4.74 Å². The Balaban J connectivity index is 1.99. The maximum atomic E-state index is 5.81. The molecule has 2 rings (SSSR count). The maximum absolute atomic E-state index is 5.81. The van der Waals surface area contributed by atoms with E-state index < -0.39 is 0 Å². The van der Waals surface area contributed by atoms with Crippen molar-refractivity contribution in [1.82, 2.24) is 4.90 Å². The zero-order valence-corrected chi connectivity index (χ0v) is 12.1. The zero-order chi connectivity index (χ0) is 13.7. The third-order valence-electron chi connectivity index (χ3n) is 4.10. The first-order valence-corrected chi connectivity index (χ1v) is 7.41. The number of hydrogen-bond acceptors (Lipinski definition) is 3. The van der Waals surface area contributed by atoms with E-state index in [1.165, 1.54) is 24.9 Å². The fourth-order valence-corrected chi connectivity index (χ4v) is 2.86. The lowest BCUT2D eigenvalue weighted by atomic mass is 9.95. The van der Waals surface area contributed by atoms with Crippen molar-refractivity contribution in [2.45, 2.75) is 32.7 Å². The minimum absolute atomic E-state index is 0.463. The van der Waals surface area contributed by atoms with Gasteiger partial charge in [0.05, 0.1) is 6.61 Å². The number of nitrogens with zero attached hydrogens (tertiary/aromatic N) is 1. The van der Waals surface area contributed by atoms with Gasteiger partial charge in [-0.25, -0.2) is 0 Å². The summed E-state index contributed by atoms with van der Waals surface area (Å²) in [5, 5.41) is 0. The normalized spacial score (nSPS) is 22.2. The van der Waals surface area contributed by atoms with Crippen LogP contribution in [0.4, 0.5) is 0 Å². The van der Waals surface area contributed by atoms with E-state index in [9.17, 15) is 0 Å². The molecule has 1 aliphatic heterocycles. The first kappa shape index (κ1) is 14.4. The third-order valence-corrected chi connectivity index (χ3v) is 4.10. The van der Waals surface area contributed by atoms with E-state index in [1.807, 2.05) is 6.92 Å². The van der Waals surface area contributed by atoms with Crippen molar-refractivity contribution in [2.24, 2.45) is 11.7 Å². The van der Waals surface area contributed by atoms with Gasteiger partial charge in [-0.2, -0.15) is 0 Å². The largest absolute Gasteiger partial charge is 0.494 e. The van der Waals surface area contributed by atoms with Gasteiger partial charge in [0.15, 0.2) is 0 Å². The van der Waals surface area contributed by atoms with Crippen LogP contribution in [0, 0.1) is 5.92 Å². The highest BCUT2D eigenvalue weighted by atomic mass is 16.5. The molecule has 0 radical (unpaired) electrons. The molecule has 19 heavy (non-hydrogen) atoms. The van der Waals surface area contributed by atoms with Crippen molar-refractivity contribution >= 4 is 0 Å². The first-order valence-electron chi connectivity index (χ1n) is 7.41. The molecule has 0 saturated carbocycles. The highest BCUT2D eigenvalue weighted by Crippen LogP contribution is 2.27. The van der Waals surface area contributed by atoms with Gasteiger partial charge in [0.1, 0.15) is 5.75 Å². The van der Waals surface area contributed by atoms with Gasteiger partial charge in [0.2, 0.25) is 0 Å². The summed E-state index contributed by atoms with van der Waals surface area (Å²) in [6, 6.07) is 8.97. The number of piperidine rings is 1. The minimum Gasteiger partial charge on any atom is -0.494 e.